The van der Waals surface area contributed by atoms with Gasteiger partial charge in [0.15, 0.2) is 0 Å². The average molecular weight is 458 g/mol. The maximum atomic E-state index is 13.6. The first-order chi connectivity index (χ1) is 15.1. The Kier molecular flexibility index (Phi) is 4.72. The van der Waals surface area contributed by atoms with Crippen LogP contribution < -0.4 is 9.62 Å². The zero-order valence-corrected chi connectivity index (χ0v) is 19.5. The number of nitrogens with zero attached hydrogens (tertiary/aromatic N) is 4. The first kappa shape index (κ1) is 21.1. The van der Waals surface area contributed by atoms with E-state index in [0.29, 0.717) is 29.5 Å². The molecule has 170 valence electrons. The molecular formula is C22H27N5O4S. The van der Waals surface area contributed by atoms with E-state index in [4.69, 9.17) is 4.52 Å². The largest absolute Gasteiger partial charge is 0.361 e. The van der Waals surface area contributed by atoms with E-state index < -0.39 is 15.6 Å². The monoisotopic (exact) mass is 457 g/mol. The molecule has 10 heteroatoms. The zero-order valence-electron chi connectivity index (χ0n) is 18.7. The van der Waals surface area contributed by atoms with Crippen molar-refractivity contribution in [1.82, 2.24) is 14.8 Å². The van der Waals surface area contributed by atoms with Gasteiger partial charge < -0.3 is 9.42 Å². The fourth-order valence-electron chi connectivity index (χ4n) is 4.34. The molecule has 1 atom stereocenters. The number of aromatic nitrogens is 1. The van der Waals surface area contributed by atoms with Gasteiger partial charge in [-0.25, -0.2) is 13.1 Å². The number of nitrogens with one attached hydrogen (secondary N) is 1. The van der Waals surface area contributed by atoms with Crippen molar-refractivity contribution in [2.24, 2.45) is 4.99 Å². The van der Waals surface area contributed by atoms with Crippen LogP contribution in [0.2, 0.25) is 0 Å². The Labute approximate surface area is 187 Å². The lowest BCUT2D eigenvalue weighted by Crippen LogP contribution is -2.52. The van der Waals surface area contributed by atoms with E-state index in [9.17, 15) is 13.2 Å². The first-order valence-corrected chi connectivity index (χ1v) is 12.4. The molecule has 1 aliphatic carbocycles. The van der Waals surface area contributed by atoms with E-state index in [-0.39, 0.29) is 23.4 Å². The molecule has 2 aromatic rings. The zero-order chi connectivity index (χ0) is 22.8. The number of fused-ring (bicyclic) bond motifs is 3. The van der Waals surface area contributed by atoms with Gasteiger partial charge in [-0.3, -0.25) is 14.7 Å². The summed E-state index contributed by atoms with van der Waals surface area (Å²) < 4.78 is 34.0. The second-order valence-electron chi connectivity index (χ2n) is 9.11. The van der Waals surface area contributed by atoms with Crippen molar-refractivity contribution in [3.63, 3.8) is 0 Å². The molecule has 9 nitrogen and oxygen atoms in total. The van der Waals surface area contributed by atoms with Gasteiger partial charge in [-0.15, -0.1) is 0 Å². The van der Waals surface area contributed by atoms with Gasteiger partial charge in [-0.1, -0.05) is 12.1 Å². The number of anilines is 1. The molecule has 0 radical (unpaired) electrons. The Balaban J connectivity index is 1.58. The molecule has 1 N–H and O–H groups in total. The lowest BCUT2D eigenvalue weighted by molar-refractivity contribution is 0.0832. The van der Waals surface area contributed by atoms with Crippen molar-refractivity contribution in [1.29, 1.82) is 0 Å². The smallest absolute Gasteiger partial charge is 0.263 e. The first-order valence-electron chi connectivity index (χ1n) is 10.9. The Hall–Kier alpha value is -2.72. The van der Waals surface area contributed by atoms with Crippen LogP contribution in [0.1, 0.15) is 60.5 Å². The van der Waals surface area contributed by atoms with Gasteiger partial charge in [0.2, 0.25) is 16.0 Å². The molecule has 1 aromatic heterocycles. The molecule has 0 saturated heterocycles. The fraction of sp³-hybridized carbons (Fsp3) is 0.500. The summed E-state index contributed by atoms with van der Waals surface area (Å²) in [5.74, 6) is 0.964. The number of amides is 1. The van der Waals surface area contributed by atoms with Crippen LogP contribution in [0.4, 0.5) is 5.69 Å². The summed E-state index contributed by atoms with van der Waals surface area (Å²) in [6.07, 6.45) is 2.47. The van der Waals surface area contributed by atoms with E-state index in [1.54, 1.807) is 17.0 Å². The van der Waals surface area contributed by atoms with Crippen LogP contribution in [-0.2, 0) is 16.6 Å². The third-order valence-electron chi connectivity index (χ3n) is 6.63. The van der Waals surface area contributed by atoms with Crippen molar-refractivity contribution >= 4 is 27.6 Å². The van der Waals surface area contributed by atoms with Gasteiger partial charge in [0, 0.05) is 11.1 Å². The third kappa shape index (κ3) is 3.32. The van der Waals surface area contributed by atoms with E-state index in [0.717, 1.165) is 30.5 Å². The normalized spacial score (nSPS) is 21.4. The Morgan fingerprint density at radius 3 is 2.66 bits per heavy atom. The van der Waals surface area contributed by atoms with Gasteiger partial charge in [-0.05, 0) is 58.2 Å². The molecule has 1 amide bonds. The maximum Gasteiger partial charge on any atom is 0.263 e. The van der Waals surface area contributed by atoms with Gasteiger partial charge >= 0.3 is 0 Å². The Morgan fingerprint density at radius 2 is 2.03 bits per heavy atom. The van der Waals surface area contributed by atoms with E-state index in [1.165, 1.54) is 6.07 Å². The minimum atomic E-state index is -3.73. The van der Waals surface area contributed by atoms with Crippen LogP contribution in [-0.4, -0.2) is 48.5 Å². The van der Waals surface area contributed by atoms with Crippen LogP contribution in [0.5, 0.6) is 0 Å². The van der Waals surface area contributed by atoms with E-state index in [2.05, 4.69) is 26.7 Å². The number of hydrogen-bond donors (Lipinski definition) is 1. The van der Waals surface area contributed by atoms with Crippen molar-refractivity contribution in [3.8, 4) is 0 Å². The van der Waals surface area contributed by atoms with Gasteiger partial charge in [-0.2, -0.15) is 0 Å². The molecule has 5 rings (SSSR count). The summed E-state index contributed by atoms with van der Waals surface area (Å²) in [4.78, 5) is 22.1. The van der Waals surface area contributed by atoms with Crippen molar-refractivity contribution in [2.75, 3.05) is 11.4 Å². The third-order valence-corrected chi connectivity index (χ3v) is 8.26. The molecule has 2 aliphatic heterocycles. The lowest BCUT2D eigenvalue weighted by Gasteiger charge is -2.38. The second kappa shape index (κ2) is 7.14. The molecule has 1 saturated carbocycles. The number of sulfonamides is 1. The van der Waals surface area contributed by atoms with Crippen molar-refractivity contribution < 1.29 is 17.7 Å². The highest BCUT2D eigenvalue weighted by Gasteiger charge is 2.44. The SMILES string of the molecule is CC[C@H]1CN=C2N(Cc3c(C)noc3C)C(=O)c3cc(S(=O)(=O)NC4(C)CC4)ccc3N21. The van der Waals surface area contributed by atoms with Crippen LogP contribution in [0.25, 0.3) is 0 Å². The number of guanidine groups is 1. The number of aliphatic imine (C=N–C) groups is 1. The summed E-state index contributed by atoms with van der Waals surface area (Å²) >= 11 is 0. The highest BCUT2D eigenvalue weighted by molar-refractivity contribution is 7.89. The maximum absolute atomic E-state index is 13.6. The predicted octanol–water partition coefficient (Wildman–Crippen LogP) is 2.73. The minimum absolute atomic E-state index is 0.0997. The molecule has 3 aliphatic rings. The van der Waals surface area contributed by atoms with Crippen molar-refractivity contribution in [3.05, 3.63) is 40.8 Å². The van der Waals surface area contributed by atoms with Crippen molar-refractivity contribution in [2.45, 2.75) is 70.0 Å². The summed E-state index contributed by atoms with van der Waals surface area (Å²) in [6, 6.07) is 4.91. The van der Waals surface area contributed by atoms with Gasteiger partial charge in [0.25, 0.3) is 5.91 Å². The highest BCUT2D eigenvalue weighted by Crippen LogP contribution is 2.38. The van der Waals surface area contributed by atoms with E-state index in [1.807, 2.05) is 20.8 Å². The predicted molar refractivity (Wildman–Crippen MR) is 119 cm³/mol. The van der Waals surface area contributed by atoms with Gasteiger partial charge in [0.05, 0.1) is 41.0 Å². The van der Waals surface area contributed by atoms with Crippen LogP contribution in [0.15, 0.2) is 32.6 Å². The quantitative estimate of drug-likeness (QED) is 0.715. The molecule has 1 fully saturated rings. The Morgan fingerprint density at radius 1 is 1.28 bits per heavy atom. The molecule has 3 heterocycles. The van der Waals surface area contributed by atoms with E-state index >= 15 is 0 Å². The molecule has 0 bridgehead atoms. The summed E-state index contributed by atoms with van der Waals surface area (Å²) in [5, 5.41) is 4.00. The van der Waals surface area contributed by atoms with Crippen LogP contribution >= 0.6 is 0 Å². The standard InChI is InChI=1S/C22H27N5O4S/c1-5-15-11-23-21-26(12-18-13(2)24-31-14(18)3)20(28)17-10-16(6-7-19(17)27(15)21)32(29,30)25-22(4)8-9-22/h6-7,10,15,25H,5,8-9,11-12H2,1-4H3/t15-/m0/s1. The Bertz CT molecular complexity index is 1230. The highest BCUT2D eigenvalue weighted by atomic mass is 32.2. The number of aryl methyl sites for hydroxylation is 2. The molecular weight excluding hydrogens is 430 g/mol. The number of hydrogen-bond acceptors (Lipinski definition) is 7. The van der Waals surface area contributed by atoms with Gasteiger partial charge in [0.1, 0.15) is 5.76 Å². The number of carbonyl (C=O) groups excluding carboxylic acids is 1. The second-order valence-corrected chi connectivity index (χ2v) is 10.8. The topological polar surface area (TPSA) is 108 Å². The average Bonchev–Trinajstić information content (AvgIpc) is 3.17. The number of benzene rings is 1. The molecule has 0 unspecified atom stereocenters. The summed E-state index contributed by atoms with van der Waals surface area (Å²) in [5.41, 5.74) is 2.22. The molecule has 32 heavy (non-hydrogen) atoms. The minimum Gasteiger partial charge on any atom is -0.361 e. The summed E-state index contributed by atoms with van der Waals surface area (Å²) in [7, 11) is -3.73. The van der Waals surface area contributed by atoms with Crippen LogP contribution in [0.3, 0.4) is 0 Å². The van der Waals surface area contributed by atoms with Crippen LogP contribution in [0, 0.1) is 13.8 Å². The summed E-state index contributed by atoms with van der Waals surface area (Å²) in [6.45, 7) is 8.46. The molecule has 0 spiro atoms. The number of carbonyl (C=O) groups is 1. The number of rotatable bonds is 6. The lowest BCUT2D eigenvalue weighted by atomic mass is 10.0. The fourth-order valence-corrected chi connectivity index (χ4v) is 5.83. The molecule has 1 aromatic carbocycles.